The maximum Gasteiger partial charge on any atom is 0.311 e. The van der Waals surface area contributed by atoms with Crippen molar-refractivity contribution in [1.82, 2.24) is 9.80 Å². The van der Waals surface area contributed by atoms with Crippen molar-refractivity contribution in [2.75, 3.05) is 32.8 Å². The minimum Gasteiger partial charge on any atom is -0.465 e. The first-order chi connectivity index (χ1) is 16.5. The van der Waals surface area contributed by atoms with Crippen LogP contribution < -0.4 is 0 Å². The number of aliphatic hydroxyl groups is 1. The molecule has 34 heavy (non-hydrogen) atoms. The van der Waals surface area contributed by atoms with Crippen molar-refractivity contribution >= 4 is 29.5 Å². The third kappa shape index (κ3) is 4.68. The normalized spacial score (nSPS) is 34.4. The summed E-state index contributed by atoms with van der Waals surface area (Å²) in [7, 11) is 0. The van der Waals surface area contributed by atoms with E-state index in [0.717, 1.165) is 38.5 Å². The predicted octanol–water partition coefficient (Wildman–Crippen LogP) is 2.93. The number of cyclic esters (lactones) is 1. The fraction of sp³-hybridized carbons (Fsp3) is 0.731. The Labute approximate surface area is 206 Å². The average molecular weight is 491 g/mol. The van der Waals surface area contributed by atoms with Gasteiger partial charge in [0.05, 0.1) is 23.2 Å². The number of fused-ring (bicyclic) bond motifs is 2. The first kappa shape index (κ1) is 25.3. The summed E-state index contributed by atoms with van der Waals surface area (Å²) in [5, 5.41) is 9.10. The molecule has 0 aromatic carbocycles. The second kappa shape index (κ2) is 11.3. The molecule has 4 heterocycles. The summed E-state index contributed by atoms with van der Waals surface area (Å²) in [6.45, 7) is 4.18. The number of esters is 1. The van der Waals surface area contributed by atoms with Crippen LogP contribution in [0.2, 0.25) is 0 Å². The van der Waals surface area contributed by atoms with E-state index in [9.17, 15) is 19.5 Å². The Morgan fingerprint density at radius 1 is 1.09 bits per heavy atom. The summed E-state index contributed by atoms with van der Waals surface area (Å²) in [6, 6.07) is -0.632. The second-order valence-corrected chi connectivity index (χ2v) is 11.3. The Bertz CT molecular complexity index is 830. The zero-order valence-electron chi connectivity index (χ0n) is 20.2. The lowest BCUT2D eigenvalue weighted by Gasteiger charge is -2.35. The van der Waals surface area contributed by atoms with Crippen LogP contribution >= 0.6 is 11.8 Å². The molecule has 0 saturated carbocycles. The number of aliphatic hydroxyl groups excluding tert-OH is 1. The molecular weight excluding hydrogens is 452 g/mol. The standard InChI is InChI=1S/C26H38N2O5S/c1-2-3-7-14-27-15-11-13-26-21(23(30)28(16-8-9-17-29)22(26)24(27)31)20-19(34-26)12-6-4-5-10-18-33-25(20)32/h6,11-13,19-22,29H,2-5,7-10,14-18H2,1H3/b12-6-/t19-,20+,21+,22?,26+/m1/s1. The maximum absolute atomic E-state index is 14.0. The Morgan fingerprint density at radius 2 is 1.91 bits per heavy atom. The van der Waals surface area contributed by atoms with Gasteiger partial charge < -0.3 is 19.6 Å². The van der Waals surface area contributed by atoms with Crippen LogP contribution in [-0.2, 0) is 19.1 Å². The lowest BCUT2D eigenvalue weighted by atomic mass is 9.78. The minimum absolute atomic E-state index is 0.0190. The van der Waals surface area contributed by atoms with Gasteiger partial charge in [-0.2, -0.15) is 0 Å². The highest BCUT2D eigenvalue weighted by atomic mass is 32.2. The van der Waals surface area contributed by atoms with E-state index in [4.69, 9.17) is 4.74 Å². The van der Waals surface area contributed by atoms with Crippen LogP contribution in [0.5, 0.6) is 0 Å². The quantitative estimate of drug-likeness (QED) is 0.320. The molecule has 1 spiro atoms. The highest BCUT2D eigenvalue weighted by Crippen LogP contribution is 2.60. The van der Waals surface area contributed by atoms with E-state index in [-0.39, 0.29) is 29.6 Å². The number of thioether (sulfide) groups is 1. The van der Waals surface area contributed by atoms with E-state index >= 15 is 0 Å². The van der Waals surface area contributed by atoms with Crippen molar-refractivity contribution < 1.29 is 24.2 Å². The maximum atomic E-state index is 14.0. The number of rotatable bonds is 8. The average Bonchev–Trinajstić information content (AvgIpc) is 3.21. The molecule has 4 aliphatic rings. The van der Waals surface area contributed by atoms with Gasteiger partial charge in [0.1, 0.15) is 6.04 Å². The topological polar surface area (TPSA) is 87.2 Å². The molecule has 2 fully saturated rings. The van der Waals surface area contributed by atoms with E-state index < -0.39 is 22.6 Å². The van der Waals surface area contributed by atoms with Crippen LogP contribution in [0.3, 0.4) is 0 Å². The van der Waals surface area contributed by atoms with Crippen molar-refractivity contribution in [3.63, 3.8) is 0 Å². The van der Waals surface area contributed by atoms with E-state index in [2.05, 4.69) is 25.2 Å². The number of carbonyl (C=O) groups excluding carboxylic acids is 3. The van der Waals surface area contributed by atoms with Gasteiger partial charge in [-0.1, -0.05) is 44.1 Å². The summed E-state index contributed by atoms with van der Waals surface area (Å²) in [6.07, 6.45) is 15.2. The molecule has 4 aliphatic heterocycles. The smallest absolute Gasteiger partial charge is 0.311 e. The zero-order valence-corrected chi connectivity index (χ0v) is 21.0. The van der Waals surface area contributed by atoms with Crippen molar-refractivity contribution in [1.29, 1.82) is 0 Å². The molecule has 1 N–H and O–H groups in total. The van der Waals surface area contributed by atoms with Crippen molar-refractivity contribution in [2.45, 2.75) is 74.3 Å². The lowest BCUT2D eigenvalue weighted by molar-refractivity contribution is -0.153. The number of hydrogen-bond donors (Lipinski definition) is 1. The largest absolute Gasteiger partial charge is 0.465 e. The molecule has 5 atom stereocenters. The summed E-state index contributed by atoms with van der Waals surface area (Å²) in [5.41, 5.74) is 0. The van der Waals surface area contributed by atoms with Gasteiger partial charge in [0, 0.05) is 31.5 Å². The molecule has 0 aromatic heterocycles. The summed E-state index contributed by atoms with van der Waals surface area (Å²) >= 11 is 1.60. The number of allylic oxidation sites excluding steroid dienone is 1. The van der Waals surface area contributed by atoms with Crippen LogP contribution in [0.1, 0.15) is 58.3 Å². The van der Waals surface area contributed by atoms with Gasteiger partial charge in [-0.3, -0.25) is 14.4 Å². The Hall–Kier alpha value is -1.80. The van der Waals surface area contributed by atoms with Gasteiger partial charge in [-0.05, 0) is 38.5 Å². The van der Waals surface area contributed by atoms with Crippen LogP contribution in [0.15, 0.2) is 24.3 Å². The molecule has 2 amide bonds. The molecule has 7 nitrogen and oxygen atoms in total. The number of likely N-dealkylation sites (tertiary alicyclic amines) is 1. The molecular formula is C26H38N2O5S. The van der Waals surface area contributed by atoms with Crippen molar-refractivity contribution in [3.8, 4) is 0 Å². The first-order valence-electron chi connectivity index (χ1n) is 12.9. The second-order valence-electron chi connectivity index (χ2n) is 9.79. The lowest BCUT2D eigenvalue weighted by Crippen LogP contribution is -2.53. The SMILES string of the molecule is CCCCCN1CC=C[C@]23S[C@@H]4/C=C\CCCCOC(=O)[C@@H]4[C@H]2C(=O)N(CCCCO)C3C1=O. The first-order valence-corrected chi connectivity index (χ1v) is 13.8. The molecule has 0 bridgehead atoms. The number of ether oxygens (including phenoxy) is 1. The van der Waals surface area contributed by atoms with Crippen molar-refractivity contribution in [3.05, 3.63) is 24.3 Å². The Morgan fingerprint density at radius 3 is 2.71 bits per heavy atom. The summed E-state index contributed by atoms with van der Waals surface area (Å²) in [5.74, 6) is -1.68. The third-order valence-corrected chi connectivity index (χ3v) is 9.27. The summed E-state index contributed by atoms with van der Waals surface area (Å²) < 4.78 is 4.86. The number of nitrogens with zero attached hydrogens (tertiary/aromatic N) is 2. The van der Waals surface area contributed by atoms with E-state index in [0.29, 0.717) is 39.1 Å². The van der Waals surface area contributed by atoms with Crippen LogP contribution in [-0.4, -0.2) is 81.6 Å². The highest BCUT2D eigenvalue weighted by molar-refractivity contribution is 8.02. The molecule has 188 valence electrons. The molecule has 0 aliphatic carbocycles. The van der Waals surface area contributed by atoms with Gasteiger partial charge in [0.2, 0.25) is 11.8 Å². The number of unbranched alkanes of at least 4 members (excludes halogenated alkanes) is 3. The fourth-order valence-corrected chi connectivity index (χ4v) is 7.85. The van der Waals surface area contributed by atoms with Gasteiger partial charge in [-0.15, -0.1) is 11.8 Å². The highest BCUT2D eigenvalue weighted by Gasteiger charge is 2.70. The monoisotopic (exact) mass is 490 g/mol. The predicted molar refractivity (Wildman–Crippen MR) is 132 cm³/mol. The zero-order chi connectivity index (χ0) is 24.1. The van der Waals surface area contributed by atoms with Gasteiger partial charge in [-0.25, -0.2) is 0 Å². The van der Waals surface area contributed by atoms with Gasteiger partial charge in [0.25, 0.3) is 0 Å². The van der Waals surface area contributed by atoms with Crippen LogP contribution in [0, 0.1) is 11.8 Å². The molecule has 0 radical (unpaired) electrons. The minimum atomic E-state index is -0.778. The molecule has 8 heteroatoms. The van der Waals surface area contributed by atoms with E-state index in [1.165, 1.54) is 0 Å². The Kier molecular flexibility index (Phi) is 8.40. The molecule has 0 aromatic rings. The summed E-state index contributed by atoms with van der Waals surface area (Å²) in [4.78, 5) is 44.8. The molecule has 4 rings (SSSR count). The fourth-order valence-electron chi connectivity index (χ4n) is 5.85. The molecule has 2 saturated heterocycles. The van der Waals surface area contributed by atoms with Crippen LogP contribution in [0.25, 0.3) is 0 Å². The van der Waals surface area contributed by atoms with E-state index in [1.807, 2.05) is 11.0 Å². The van der Waals surface area contributed by atoms with Gasteiger partial charge >= 0.3 is 5.97 Å². The van der Waals surface area contributed by atoms with Gasteiger partial charge in [0.15, 0.2) is 0 Å². The van der Waals surface area contributed by atoms with Crippen molar-refractivity contribution in [2.24, 2.45) is 11.8 Å². The number of amides is 2. The van der Waals surface area contributed by atoms with Crippen LogP contribution in [0.4, 0.5) is 0 Å². The molecule has 1 unspecified atom stereocenters. The number of hydrogen-bond acceptors (Lipinski definition) is 6. The number of carbonyl (C=O) groups is 3. The Balaban J connectivity index is 1.72. The third-order valence-electron chi connectivity index (χ3n) is 7.52. The van der Waals surface area contributed by atoms with E-state index in [1.54, 1.807) is 16.7 Å².